The highest BCUT2D eigenvalue weighted by Gasteiger charge is 2.41. The summed E-state index contributed by atoms with van der Waals surface area (Å²) in [4.78, 5) is 39.3. The highest BCUT2D eigenvalue weighted by atomic mass is 32.2. The molecule has 0 bridgehead atoms. The molecule has 2 aliphatic rings. The molecule has 3 aromatic heterocycles. The van der Waals surface area contributed by atoms with Crippen LogP contribution in [0.15, 0.2) is 9.32 Å². The second kappa shape index (κ2) is 8.38. The van der Waals surface area contributed by atoms with Crippen LogP contribution in [0.4, 0.5) is 0 Å². The number of carbonyl (C=O) groups excluding carboxylic acids is 1. The molecular formula is C21H25N5O3S2. The molecule has 3 heterocycles. The Morgan fingerprint density at radius 1 is 1.26 bits per heavy atom. The lowest BCUT2D eigenvalue weighted by atomic mass is 9.96. The number of hydrogen-bond donors (Lipinski definition) is 2. The van der Waals surface area contributed by atoms with E-state index in [4.69, 9.17) is 4.52 Å². The van der Waals surface area contributed by atoms with Crippen LogP contribution in [0.1, 0.15) is 66.5 Å². The van der Waals surface area contributed by atoms with Gasteiger partial charge < -0.3 is 14.8 Å². The molecule has 2 N–H and O–H groups in total. The summed E-state index contributed by atoms with van der Waals surface area (Å²) in [6.07, 6.45) is 7.30. The summed E-state index contributed by atoms with van der Waals surface area (Å²) in [5, 5.41) is 8.01. The van der Waals surface area contributed by atoms with Crippen molar-refractivity contribution in [2.24, 2.45) is 0 Å². The zero-order valence-electron chi connectivity index (χ0n) is 17.5. The van der Waals surface area contributed by atoms with Gasteiger partial charge in [0.15, 0.2) is 5.82 Å². The van der Waals surface area contributed by atoms with E-state index < -0.39 is 5.54 Å². The minimum atomic E-state index is -0.503. The number of fused-ring (bicyclic) bond motifs is 3. The topological polar surface area (TPSA) is 114 Å². The van der Waals surface area contributed by atoms with Crippen LogP contribution in [0.2, 0.25) is 0 Å². The van der Waals surface area contributed by atoms with E-state index in [1.165, 1.54) is 10.4 Å². The molecule has 0 aliphatic heterocycles. The smallest absolute Gasteiger partial charge is 0.259 e. The minimum absolute atomic E-state index is 0.0107. The van der Waals surface area contributed by atoms with Gasteiger partial charge in [0.25, 0.3) is 5.56 Å². The molecule has 0 atom stereocenters. The fraction of sp³-hybridized carbons (Fsp3) is 0.571. The van der Waals surface area contributed by atoms with Crippen molar-refractivity contribution in [1.29, 1.82) is 0 Å². The Morgan fingerprint density at radius 2 is 2.10 bits per heavy atom. The number of thioether (sulfide) groups is 1. The first-order valence-corrected chi connectivity index (χ1v) is 12.7. The van der Waals surface area contributed by atoms with Crippen molar-refractivity contribution >= 4 is 39.2 Å². The van der Waals surface area contributed by atoms with Crippen LogP contribution in [0.3, 0.4) is 0 Å². The number of nitrogens with zero attached hydrogens (tertiary/aromatic N) is 3. The average molecular weight is 460 g/mol. The van der Waals surface area contributed by atoms with E-state index in [0.717, 1.165) is 55.2 Å². The number of thiophene rings is 1. The summed E-state index contributed by atoms with van der Waals surface area (Å²) in [5.41, 5.74) is 0.662. The molecule has 31 heavy (non-hydrogen) atoms. The largest absolute Gasteiger partial charge is 0.343 e. The van der Waals surface area contributed by atoms with Crippen LogP contribution >= 0.6 is 23.1 Å². The van der Waals surface area contributed by atoms with Gasteiger partial charge >= 0.3 is 0 Å². The van der Waals surface area contributed by atoms with Gasteiger partial charge in [0, 0.05) is 24.0 Å². The quantitative estimate of drug-likeness (QED) is 0.521. The summed E-state index contributed by atoms with van der Waals surface area (Å²) in [7, 11) is 0. The molecule has 0 unspecified atom stereocenters. The number of aromatic amines is 1. The van der Waals surface area contributed by atoms with Gasteiger partial charge in [0.2, 0.25) is 11.8 Å². The summed E-state index contributed by atoms with van der Waals surface area (Å²) in [6, 6.07) is 0. The van der Waals surface area contributed by atoms with E-state index >= 15 is 0 Å². The maximum Gasteiger partial charge on any atom is 0.259 e. The second-order valence-corrected chi connectivity index (χ2v) is 10.5. The lowest BCUT2D eigenvalue weighted by Crippen LogP contribution is -2.44. The maximum absolute atomic E-state index is 12.6. The van der Waals surface area contributed by atoms with Crippen molar-refractivity contribution in [3.63, 3.8) is 0 Å². The molecule has 1 amide bonds. The average Bonchev–Trinajstić information content (AvgIpc) is 3.49. The molecule has 0 saturated heterocycles. The van der Waals surface area contributed by atoms with Crippen molar-refractivity contribution in [3.8, 4) is 0 Å². The molecule has 2 aliphatic carbocycles. The van der Waals surface area contributed by atoms with E-state index in [1.54, 1.807) is 30.0 Å². The first kappa shape index (κ1) is 20.7. The standard InChI is InChI=1S/C21H25N5O3S2/c1-12-22-20(26-29-12)21(8-2-3-9-21)25-16(27)7-10-30-11-15-23-18(28)17-13-5-4-6-14(13)31-19(17)24-15/h2-11H2,1H3,(H,25,27)(H,23,24,28). The van der Waals surface area contributed by atoms with Crippen LogP contribution in [-0.2, 0) is 28.9 Å². The van der Waals surface area contributed by atoms with Gasteiger partial charge in [-0.2, -0.15) is 16.7 Å². The fourth-order valence-electron chi connectivity index (χ4n) is 4.65. The lowest BCUT2D eigenvalue weighted by Gasteiger charge is -2.26. The van der Waals surface area contributed by atoms with Crippen molar-refractivity contribution in [1.82, 2.24) is 25.4 Å². The number of hydrogen-bond acceptors (Lipinski definition) is 8. The molecule has 164 valence electrons. The first-order chi connectivity index (χ1) is 15.0. The van der Waals surface area contributed by atoms with Crippen molar-refractivity contribution in [2.75, 3.05) is 5.75 Å². The molecule has 8 nitrogen and oxygen atoms in total. The molecule has 0 spiro atoms. The van der Waals surface area contributed by atoms with Gasteiger partial charge in [0.1, 0.15) is 16.2 Å². The molecule has 10 heteroatoms. The van der Waals surface area contributed by atoms with Crippen LogP contribution in [0.5, 0.6) is 0 Å². The molecule has 5 rings (SSSR count). The molecular weight excluding hydrogens is 434 g/mol. The third-order valence-electron chi connectivity index (χ3n) is 6.13. The number of nitrogens with one attached hydrogen (secondary N) is 2. The highest BCUT2D eigenvalue weighted by Crippen LogP contribution is 2.37. The first-order valence-electron chi connectivity index (χ1n) is 10.8. The third-order valence-corrected chi connectivity index (χ3v) is 8.28. The molecule has 0 aromatic carbocycles. The van der Waals surface area contributed by atoms with Crippen molar-refractivity contribution < 1.29 is 9.32 Å². The van der Waals surface area contributed by atoms with Gasteiger partial charge in [-0.1, -0.05) is 18.0 Å². The Bertz CT molecular complexity index is 1180. The summed E-state index contributed by atoms with van der Waals surface area (Å²) >= 11 is 3.25. The third kappa shape index (κ3) is 4.03. The molecule has 3 aromatic rings. The van der Waals surface area contributed by atoms with Gasteiger partial charge in [-0.25, -0.2) is 4.98 Å². The Kier molecular flexibility index (Phi) is 5.60. The van der Waals surface area contributed by atoms with Crippen LogP contribution in [0, 0.1) is 6.92 Å². The van der Waals surface area contributed by atoms with E-state index in [2.05, 4.69) is 25.4 Å². The van der Waals surface area contributed by atoms with E-state index in [0.29, 0.717) is 35.5 Å². The van der Waals surface area contributed by atoms with E-state index in [-0.39, 0.29) is 11.5 Å². The Hall–Kier alpha value is -2.20. The Labute approximate surface area is 187 Å². The van der Waals surface area contributed by atoms with Crippen molar-refractivity contribution in [3.05, 3.63) is 38.3 Å². The normalized spacial score (nSPS) is 17.3. The van der Waals surface area contributed by atoms with E-state index in [1.807, 2.05) is 0 Å². The molecule has 1 fully saturated rings. The zero-order valence-corrected chi connectivity index (χ0v) is 19.1. The number of aryl methyl sites for hydroxylation is 3. The lowest BCUT2D eigenvalue weighted by molar-refractivity contribution is -0.122. The second-order valence-electron chi connectivity index (χ2n) is 8.33. The monoisotopic (exact) mass is 459 g/mol. The molecule has 1 saturated carbocycles. The number of amides is 1. The summed E-state index contributed by atoms with van der Waals surface area (Å²) < 4.78 is 5.14. The van der Waals surface area contributed by atoms with E-state index in [9.17, 15) is 9.59 Å². The SMILES string of the molecule is Cc1nc(C2(NC(=O)CCSCc3nc4sc5c(c4c(=O)[nH]3)CCC5)CCCC2)no1. The van der Waals surface area contributed by atoms with Gasteiger partial charge in [-0.3, -0.25) is 9.59 Å². The number of H-pyrrole nitrogens is 1. The summed E-state index contributed by atoms with van der Waals surface area (Å²) in [5.74, 6) is 2.99. The van der Waals surface area contributed by atoms with Crippen LogP contribution < -0.4 is 10.9 Å². The zero-order chi connectivity index (χ0) is 21.4. The van der Waals surface area contributed by atoms with Crippen LogP contribution in [0.25, 0.3) is 10.2 Å². The minimum Gasteiger partial charge on any atom is -0.343 e. The van der Waals surface area contributed by atoms with Crippen molar-refractivity contribution in [2.45, 2.75) is 69.6 Å². The van der Waals surface area contributed by atoms with Gasteiger partial charge in [-0.15, -0.1) is 11.3 Å². The van der Waals surface area contributed by atoms with Gasteiger partial charge in [-0.05, 0) is 37.7 Å². The predicted molar refractivity (Wildman–Crippen MR) is 120 cm³/mol. The Morgan fingerprint density at radius 3 is 2.87 bits per heavy atom. The highest BCUT2D eigenvalue weighted by molar-refractivity contribution is 7.98. The fourth-order valence-corrected chi connectivity index (χ4v) is 6.74. The van der Waals surface area contributed by atoms with Crippen LogP contribution in [-0.4, -0.2) is 31.8 Å². The number of rotatable bonds is 7. The summed E-state index contributed by atoms with van der Waals surface area (Å²) in [6.45, 7) is 1.76. The predicted octanol–water partition coefficient (Wildman–Crippen LogP) is 3.37. The Balaban J connectivity index is 1.17. The maximum atomic E-state index is 12.6. The van der Waals surface area contributed by atoms with Gasteiger partial charge in [0.05, 0.1) is 11.1 Å². The number of aromatic nitrogens is 4. The molecule has 0 radical (unpaired) electrons. The number of carbonyl (C=O) groups is 1.